The minimum absolute atomic E-state index is 0.321. The lowest BCUT2D eigenvalue weighted by Crippen LogP contribution is -2.21. The first-order valence-corrected chi connectivity index (χ1v) is 7.04. The van der Waals surface area contributed by atoms with Crippen molar-refractivity contribution in [2.24, 2.45) is 0 Å². The quantitative estimate of drug-likeness (QED) is 0.567. The highest BCUT2D eigenvalue weighted by molar-refractivity contribution is 6.30. The lowest BCUT2D eigenvalue weighted by Gasteiger charge is -2.11. The number of benzene rings is 2. The molecule has 0 fully saturated rings. The van der Waals surface area contributed by atoms with Crippen LogP contribution in [0, 0.1) is 0 Å². The molecule has 0 bridgehead atoms. The standard InChI is InChI=1S/C17H12ClNO3/c18-11-7-5-10(6-8-11)16(20)15(17(21)22)13-9-19-14-4-2-1-3-12(13)14/h1-9,15,19H,(H,21,22). The van der Waals surface area contributed by atoms with Gasteiger partial charge in [-0.1, -0.05) is 29.8 Å². The van der Waals surface area contributed by atoms with Crippen molar-refractivity contribution in [3.63, 3.8) is 0 Å². The van der Waals surface area contributed by atoms with Crippen LogP contribution in [0.2, 0.25) is 5.02 Å². The Morgan fingerprint density at radius 2 is 1.73 bits per heavy atom. The van der Waals surface area contributed by atoms with Crippen LogP contribution in [-0.4, -0.2) is 21.8 Å². The molecular weight excluding hydrogens is 302 g/mol. The number of Topliss-reactive ketones (excluding diaryl/α,β-unsaturated/α-hetero) is 1. The fourth-order valence-electron chi connectivity index (χ4n) is 2.50. The van der Waals surface area contributed by atoms with E-state index in [0.29, 0.717) is 16.1 Å². The highest BCUT2D eigenvalue weighted by atomic mass is 35.5. The third-order valence-corrected chi connectivity index (χ3v) is 3.82. The number of aromatic nitrogens is 1. The molecule has 2 N–H and O–H groups in total. The number of halogens is 1. The fourth-order valence-corrected chi connectivity index (χ4v) is 2.63. The van der Waals surface area contributed by atoms with Gasteiger partial charge in [0.1, 0.15) is 5.92 Å². The predicted octanol–water partition coefficient (Wildman–Crippen LogP) is 3.87. The van der Waals surface area contributed by atoms with Crippen molar-refractivity contribution >= 4 is 34.3 Å². The summed E-state index contributed by atoms with van der Waals surface area (Å²) in [4.78, 5) is 27.3. The lowest BCUT2D eigenvalue weighted by molar-refractivity contribution is -0.137. The van der Waals surface area contributed by atoms with Gasteiger partial charge in [-0.2, -0.15) is 0 Å². The molecule has 1 atom stereocenters. The highest BCUT2D eigenvalue weighted by Crippen LogP contribution is 2.29. The molecule has 22 heavy (non-hydrogen) atoms. The summed E-state index contributed by atoms with van der Waals surface area (Å²) < 4.78 is 0. The average Bonchev–Trinajstić information content (AvgIpc) is 2.92. The molecule has 1 aromatic heterocycles. The number of carboxylic acids is 1. The summed E-state index contributed by atoms with van der Waals surface area (Å²) in [5.74, 6) is -2.89. The summed E-state index contributed by atoms with van der Waals surface area (Å²) in [5, 5.41) is 10.8. The topological polar surface area (TPSA) is 70.2 Å². The number of aromatic amines is 1. The molecular formula is C17H12ClNO3. The van der Waals surface area contributed by atoms with Gasteiger partial charge in [0.05, 0.1) is 0 Å². The van der Waals surface area contributed by atoms with Crippen LogP contribution in [0.1, 0.15) is 21.8 Å². The van der Waals surface area contributed by atoms with Gasteiger partial charge in [-0.3, -0.25) is 9.59 Å². The van der Waals surface area contributed by atoms with Gasteiger partial charge in [-0.05, 0) is 35.9 Å². The van der Waals surface area contributed by atoms with E-state index in [4.69, 9.17) is 11.6 Å². The van der Waals surface area contributed by atoms with Gasteiger partial charge < -0.3 is 10.1 Å². The van der Waals surface area contributed by atoms with Crippen molar-refractivity contribution in [2.75, 3.05) is 0 Å². The normalized spacial score (nSPS) is 12.2. The van der Waals surface area contributed by atoms with E-state index in [9.17, 15) is 14.7 Å². The number of nitrogens with one attached hydrogen (secondary N) is 1. The Labute approximate surface area is 131 Å². The second-order valence-electron chi connectivity index (χ2n) is 4.93. The Bertz CT molecular complexity index is 852. The SMILES string of the molecule is O=C(O)C(C(=O)c1ccc(Cl)cc1)c1c[nH]c2ccccc12. The number of hydrogen-bond acceptors (Lipinski definition) is 2. The van der Waals surface area contributed by atoms with Crippen LogP contribution in [0.4, 0.5) is 0 Å². The Balaban J connectivity index is 2.08. The zero-order valence-electron chi connectivity index (χ0n) is 11.4. The third kappa shape index (κ3) is 2.49. The summed E-state index contributed by atoms with van der Waals surface area (Å²) in [6.45, 7) is 0. The minimum Gasteiger partial charge on any atom is -0.480 e. The smallest absolute Gasteiger partial charge is 0.319 e. The molecule has 4 nitrogen and oxygen atoms in total. The molecule has 110 valence electrons. The molecule has 0 aliphatic carbocycles. The Morgan fingerprint density at radius 3 is 2.41 bits per heavy atom. The molecule has 1 unspecified atom stereocenters. The maximum atomic E-state index is 12.6. The summed E-state index contributed by atoms with van der Waals surface area (Å²) in [6.07, 6.45) is 1.58. The van der Waals surface area contributed by atoms with Gasteiger partial charge in [0.2, 0.25) is 0 Å². The summed E-state index contributed by atoms with van der Waals surface area (Å²) >= 11 is 5.80. The fraction of sp³-hybridized carbons (Fsp3) is 0.0588. The van der Waals surface area contributed by atoms with Crippen molar-refractivity contribution in [3.05, 3.63) is 70.9 Å². The number of carbonyl (C=O) groups is 2. The number of para-hydroxylation sites is 1. The first kappa shape index (κ1) is 14.4. The maximum Gasteiger partial charge on any atom is 0.319 e. The van der Waals surface area contributed by atoms with Crippen molar-refractivity contribution in [3.8, 4) is 0 Å². The van der Waals surface area contributed by atoms with Crippen molar-refractivity contribution in [1.82, 2.24) is 4.98 Å². The van der Waals surface area contributed by atoms with Crippen molar-refractivity contribution in [2.45, 2.75) is 5.92 Å². The molecule has 0 radical (unpaired) electrons. The Morgan fingerprint density at radius 1 is 1.05 bits per heavy atom. The summed E-state index contributed by atoms with van der Waals surface area (Å²) in [6, 6.07) is 13.5. The molecule has 0 amide bonds. The molecule has 0 aliphatic heterocycles. The largest absolute Gasteiger partial charge is 0.480 e. The zero-order valence-corrected chi connectivity index (χ0v) is 12.2. The van der Waals surface area contributed by atoms with Crippen LogP contribution in [-0.2, 0) is 4.79 Å². The molecule has 5 heteroatoms. The molecule has 0 aliphatic rings. The van der Waals surface area contributed by atoms with Gasteiger partial charge in [0.15, 0.2) is 5.78 Å². The molecule has 0 spiro atoms. The second-order valence-corrected chi connectivity index (χ2v) is 5.37. The number of H-pyrrole nitrogens is 1. The van der Waals surface area contributed by atoms with E-state index in [1.54, 1.807) is 24.4 Å². The van der Waals surface area contributed by atoms with Crippen LogP contribution < -0.4 is 0 Å². The zero-order chi connectivity index (χ0) is 15.7. The minimum atomic E-state index is -1.25. The number of hydrogen-bond donors (Lipinski definition) is 2. The predicted molar refractivity (Wildman–Crippen MR) is 84.5 cm³/mol. The van der Waals surface area contributed by atoms with Crippen LogP contribution in [0.15, 0.2) is 54.7 Å². The lowest BCUT2D eigenvalue weighted by atomic mass is 9.90. The monoisotopic (exact) mass is 313 g/mol. The van der Waals surface area contributed by atoms with Gasteiger partial charge in [0.25, 0.3) is 0 Å². The van der Waals surface area contributed by atoms with Crippen LogP contribution in [0.25, 0.3) is 10.9 Å². The molecule has 1 heterocycles. The Kier molecular flexibility index (Phi) is 3.69. The number of carboxylic acid groups (broad SMARTS) is 1. The molecule has 3 aromatic rings. The Hall–Kier alpha value is -2.59. The number of fused-ring (bicyclic) bond motifs is 1. The van der Waals surface area contributed by atoms with Gasteiger partial charge in [0, 0.05) is 27.7 Å². The van der Waals surface area contributed by atoms with E-state index in [2.05, 4.69) is 4.98 Å². The van der Waals surface area contributed by atoms with Crippen molar-refractivity contribution in [1.29, 1.82) is 0 Å². The summed E-state index contributed by atoms with van der Waals surface area (Å²) in [5.41, 5.74) is 1.58. The van der Waals surface area contributed by atoms with E-state index >= 15 is 0 Å². The highest BCUT2D eigenvalue weighted by Gasteiger charge is 2.31. The average molecular weight is 314 g/mol. The molecule has 0 saturated carbocycles. The second kappa shape index (κ2) is 5.66. The van der Waals surface area contributed by atoms with E-state index in [0.717, 1.165) is 10.9 Å². The van der Waals surface area contributed by atoms with Gasteiger partial charge in [-0.25, -0.2) is 0 Å². The number of carbonyl (C=O) groups excluding carboxylic acids is 1. The van der Waals surface area contributed by atoms with Gasteiger partial charge in [-0.15, -0.1) is 0 Å². The van der Waals surface area contributed by atoms with E-state index < -0.39 is 17.7 Å². The van der Waals surface area contributed by atoms with E-state index in [-0.39, 0.29) is 0 Å². The van der Waals surface area contributed by atoms with Crippen LogP contribution in [0.3, 0.4) is 0 Å². The van der Waals surface area contributed by atoms with E-state index in [1.165, 1.54) is 12.1 Å². The van der Waals surface area contributed by atoms with Gasteiger partial charge >= 0.3 is 5.97 Å². The summed E-state index contributed by atoms with van der Waals surface area (Å²) in [7, 11) is 0. The number of rotatable bonds is 4. The molecule has 2 aromatic carbocycles. The van der Waals surface area contributed by atoms with Crippen LogP contribution in [0.5, 0.6) is 0 Å². The third-order valence-electron chi connectivity index (χ3n) is 3.57. The van der Waals surface area contributed by atoms with Crippen LogP contribution >= 0.6 is 11.6 Å². The first-order chi connectivity index (χ1) is 10.6. The number of aliphatic carboxylic acids is 1. The molecule has 0 saturated heterocycles. The molecule has 3 rings (SSSR count). The first-order valence-electron chi connectivity index (χ1n) is 6.66. The maximum absolute atomic E-state index is 12.6. The number of ketones is 1. The van der Waals surface area contributed by atoms with Crippen molar-refractivity contribution < 1.29 is 14.7 Å². The van der Waals surface area contributed by atoms with E-state index in [1.807, 2.05) is 18.2 Å².